The van der Waals surface area contributed by atoms with E-state index < -0.39 is 0 Å². The average Bonchev–Trinajstić information content (AvgIpc) is 2.66. The summed E-state index contributed by atoms with van der Waals surface area (Å²) in [5, 5.41) is 9.28. The minimum atomic E-state index is 0.206. The zero-order valence-electron chi connectivity index (χ0n) is 15.0. The van der Waals surface area contributed by atoms with E-state index in [1.165, 1.54) is 16.7 Å². The molecule has 0 radical (unpaired) electrons. The Morgan fingerprint density at radius 3 is 1.80 bits per heavy atom. The fraction of sp³-hybridized carbons (Fsp3) is 0.217. The van der Waals surface area contributed by atoms with Crippen LogP contribution in [0.1, 0.15) is 30.0 Å². The fourth-order valence-corrected chi connectivity index (χ4v) is 2.59. The summed E-state index contributed by atoms with van der Waals surface area (Å²) >= 11 is 0. The molecular weight excluding hydrogens is 308 g/mol. The van der Waals surface area contributed by atoms with Crippen LogP contribution in [-0.4, -0.2) is 12.2 Å². The number of benzene rings is 3. The molecule has 2 nitrogen and oxygen atoms in total. The van der Waals surface area contributed by atoms with E-state index in [2.05, 4.69) is 67.6 Å². The molecule has 0 bridgehead atoms. The minimum absolute atomic E-state index is 0.206. The zero-order chi connectivity index (χ0) is 17.9. The van der Waals surface area contributed by atoms with Gasteiger partial charge in [0.25, 0.3) is 0 Å². The Hall–Kier alpha value is -2.74. The van der Waals surface area contributed by atoms with Gasteiger partial charge in [-0.1, -0.05) is 80.1 Å². The van der Waals surface area contributed by atoms with E-state index in [9.17, 15) is 5.11 Å². The summed E-state index contributed by atoms with van der Waals surface area (Å²) in [7, 11) is 1.56. The largest absolute Gasteiger partial charge is 0.504 e. The molecule has 0 aromatic heterocycles. The highest BCUT2D eigenvalue weighted by molar-refractivity contribution is 5.41. The number of ether oxygens (including phenoxy) is 1. The Bertz CT molecular complexity index is 699. The van der Waals surface area contributed by atoms with Gasteiger partial charge in [0.15, 0.2) is 11.5 Å². The molecule has 0 aliphatic carbocycles. The maximum atomic E-state index is 9.28. The van der Waals surface area contributed by atoms with Crippen LogP contribution in [-0.2, 0) is 12.8 Å². The number of phenols is 1. The number of methoxy groups -OCH3 is 1. The Morgan fingerprint density at radius 2 is 1.32 bits per heavy atom. The molecule has 0 fully saturated rings. The van der Waals surface area contributed by atoms with E-state index in [1.807, 2.05) is 12.1 Å². The predicted molar refractivity (Wildman–Crippen MR) is 104 cm³/mol. The van der Waals surface area contributed by atoms with Gasteiger partial charge in [-0.3, -0.25) is 0 Å². The molecule has 3 rings (SSSR count). The van der Waals surface area contributed by atoms with Gasteiger partial charge in [0.1, 0.15) is 0 Å². The topological polar surface area (TPSA) is 29.5 Å². The number of rotatable bonds is 5. The van der Waals surface area contributed by atoms with Crippen LogP contribution in [0.25, 0.3) is 0 Å². The van der Waals surface area contributed by atoms with Crippen molar-refractivity contribution in [2.24, 2.45) is 0 Å². The monoisotopic (exact) mass is 334 g/mol. The highest BCUT2D eigenvalue weighted by Crippen LogP contribution is 2.26. The van der Waals surface area contributed by atoms with Crippen LogP contribution in [0.4, 0.5) is 0 Å². The third-order valence-electron chi connectivity index (χ3n) is 3.88. The number of aromatic hydroxyl groups is 1. The molecular formula is C23H26O2. The number of hydrogen-bond acceptors (Lipinski definition) is 2. The van der Waals surface area contributed by atoms with Crippen molar-refractivity contribution in [3.05, 3.63) is 95.6 Å². The van der Waals surface area contributed by atoms with E-state index in [0.29, 0.717) is 5.75 Å². The van der Waals surface area contributed by atoms with Crippen LogP contribution in [0.3, 0.4) is 0 Å². The maximum absolute atomic E-state index is 9.28. The van der Waals surface area contributed by atoms with Crippen LogP contribution < -0.4 is 4.74 Å². The van der Waals surface area contributed by atoms with Gasteiger partial charge in [0.05, 0.1) is 7.11 Å². The molecule has 2 heteroatoms. The van der Waals surface area contributed by atoms with Crippen LogP contribution >= 0.6 is 0 Å². The second kappa shape index (κ2) is 10.2. The summed E-state index contributed by atoms with van der Waals surface area (Å²) < 4.78 is 4.98. The molecule has 3 aromatic rings. The number of phenolic OH excluding ortho intramolecular Hbond substituents is 1. The first kappa shape index (κ1) is 18.6. The Kier molecular flexibility index (Phi) is 7.58. The summed E-state index contributed by atoms with van der Waals surface area (Å²) in [6.45, 7) is 2.12. The summed E-state index contributed by atoms with van der Waals surface area (Å²) in [5.74, 6) is 0.762. The molecule has 0 unspecified atom stereocenters. The van der Waals surface area contributed by atoms with Gasteiger partial charge in [-0.2, -0.15) is 0 Å². The molecule has 0 amide bonds. The molecule has 0 saturated carbocycles. The summed E-state index contributed by atoms with van der Waals surface area (Å²) in [5.41, 5.74) is 3.94. The lowest BCUT2D eigenvalue weighted by atomic mass is 10.1. The second-order valence-corrected chi connectivity index (χ2v) is 5.90. The lowest BCUT2D eigenvalue weighted by molar-refractivity contribution is 0.373. The highest BCUT2D eigenvalue weighted by Gasteiger charge is 2.00. The molecule has 3 aromatic carbocycles. The van der Waals surface area contributed by atoms with Gasteiger partial charge in [0.2, 0.25) is 0 Å². The van der Waals surface area contributed by atoms with Gasteiger partial charge in [-0.25, -0.2) is 0 Å². The van der Waals surface area contributed by atoms with Crippen LogP contribution in [0, 0.1) is 0 Å². The molecule has 0 aliphatic rings. The average molecular weight is 334 g/mol. The van der Waals surface area contributed by atoms with Crippen molar-refractivity contribution >= 4 is 0 Å². The summed E-state index contributed by atoms with van der Waals surface area (Å²) in [4.78, 5) is 0. The SMILES string of the molecule is CCCc1ccc(O)c(OC)c1.c1ccc(Cc2ccccc2)cc1. The van der Waals surface area contributed by atoms with E-state index in [0.717, 1.165) is 19.3 Å². The summed E-state index contributed by atoms with van der Waals surface area (Å²) in [6.07, 6.45) is 3.16. The molecule has 25 heavy (non-hydrogen) atoms. The molecule has 0 spiro atoms. The van der Waals surface area contributed by atoms with Crippen molar-refractivity contribution in [1.29, 1.82) is 0 Å². The van der Waals surface area contributed by atoms with Crippen LogP contribution in [0.2, 0.25) is 0 Å². The van der Waals surface area contributed by atoms with Gasteiger partial charge in [-0.15, -0.1) is 0 Å². The predicted octanol–water partition coefficient (Wildman–Crippen LogP) is 5.63. The Morgan fingerprint density at radius 1 is 0.760 bits per heavy atom. The van der Waals surface area contributed by atoms with E-state index in [4.69, 9.17) is 4.74 Å². The molecule has 130 valence electrons. The van der Waals surface area contributed by atoms with Crippen molar-refractivity contribution in [3.63, 3.8) is 0 Å². The molecule has 0 aliphatic heterocycles. The molecule has 0 saturated heterocycles. The number of hydrogen-bond donors (Lipinski definition) is 1. The summed E-state index contributed by atoms with van der Waals surface area (Å²) in [6, 6.07) is 26.5. The van der Waals surface area contributed by atoms with E-state index >= 15 is 0 Å². The van der Waals surface area contributed by atoms with Crippen molar-refractivity contribution < 1.29 is 9.84 Å². The third-order valence-corrected chi connectivity index (χ3v) is 3.88. The van der Waals surface area contributed by atoms with E-state index in [1.54, 1.807) is 13.2 Å². The van der Waals surface area contributed by atoms with Crippen molar-refractivity contribution in [2.45, 2.75) is 26.2 Å². The minimum Gasteiger partial charge on any atom is -0.504 e. The first-order valence-corrected chi connectivity index (χ1v) is 8.66. The smallest absolute Gasteiger partial charge is 0.160 e. The van der Waals surface area contributed by atoms with Crippen molar-refractivity contribution in [2.75, 3.05) is 7.11 Å². The fourth-order valence-electron chi connectivity index (χ4n) is 2.59. The zero-order valence-corrected chi connectivity index (χ0v) is 15.0. The molecule has 1 N–H and O–H groups in total. The standard InChI is InChI=1S/C13H12.C10H14O2/c1-3-7-12(8-4-1)11-13-9-5-2-6-10-13;1-3-4-8-5-6-9(11)10(7-8)12-2/h1-10H,11H2;5-7,11H,3-4H2,1-2H3. The lowest BCUT2D eigenvalue weighted by Crippen LogP contribution is -1.87. The Labute approximate surface area is 150 Å². The third kappa shape index (κ3) is 6.34. The van der Waals surface area contributed by atoms with Gasteiger partial charge in [0, 0.05) is 0 Å². The van der Waals surface area contributed by atoms with Crippen molar-refractivity contribution in [1.82, 2.24) is 0 Å². The van der Waals surface area contributed by atoms with Crippen LogP contribution in [0.15, 0.2) is 78.9 Å². The normalized spacial score (nSPS) is 9.84. The molecule has 0 heterocycles. The lowest BCUT2D eigenvalue weighted by Gasteiger charge is -2.05. The van der Waals surface area contributed by atoms with Gasteiger partial charge in [-0.05, 0) is 41.7 Å². The van der Waals surface area contributed by atoms with Crippen molar-refractivity contribution in [3.8, 4) is 11.5 Å². The second-order valence-electron chi connectivity index (χ2n) is 5.90. The first-order chi connectivity index (χ1) is 12.2. The Balaban J connectivity index is 0.000000181. The van der Waals surface area contributed by atoms with Gasteiger partial charge < -0.3 is 9.84 Å². The highest BCUT2D eigenvalue weighted by atomic mass is 16.5. The first-order valence-electron chi connectivity index (χ1n) is 8.66. The van der Waals surface area contributed by atoms with Crippen LogP contribution in [0.5, 0.6) is 11.5 Å². The number of aryl methyl sites for hydroxylation is 1. The maximum Gasteiger partial charge on any atom is 0.160 e. The van der Waals surface area contributed by atoms with E-state index in [-0.39, 0.29) is 5.75 Å². The molecule has 0 atom stereocenters. The van der Waals surface area contributed by atoms with Gasteiger partial charge >= 0.3 is 0 Å². The quantitative estimate of drug-likeness (QED) is 0.655.